The van der Waals surface area contributed by atoms with E-state index in [2.05, 4.69) is 10.3 Å². The standard InChI is InChI=1S/C24H25N3O3/c1-30-22-14-16(9-11-21(22)27-12-4-7-23(27)28)25-24(29)15-8-10-20-18(13-15)17-5-2-3-6-19(17)26-20/h8-11,13-14,26H,2-7,12H2,1H3,(H,25,29). The highest BCUT2D eigenvalue weighted by atomic mass is 16.5. The Kier molecular flexibility index (Phi) is 4.69. The summed E-state index contributed by atoms with van der Waals surface area (Å²) in [6.07, 6.45) is 5.97. The van der Waals surface area contributed by atoms with Crippen molar-refractivity contribution in [2.24, 2.45) is 0 Å². The average molecular weight is 403 g/mol. The van der Waals surface area contributed by atoms with Crippen LogP contribution in [-0.2, 0) is 17.6 Å². The van der Waals surface area contributed by atoms with Crippen molar-refractivity contribution in [2.75, 3.05) is 23.9 Å². The number of aromatic nitrogens is 1. The van der Waals surface area contributed by atoms with Crippen LogP contribution >= 0.6 is 0 Å². The summed E-state index contributed by atoms with van der Waals surface area (Å²) in [5, 5.41) is 4.12. The van der Waals surface area contributed by atoms with Crippen molar-refractivity contribution < 1.29 is 14.3 Å². The van der Waals surface area contributed by atoms with Crippen LogP contribution in [-0.4, -0.2) is 30.5 Å². The highest BCUT2D eigenvalue weighted by Crippen LogP contribution is 2.34. The van der Waals surface area contributed by atoms with Gasteiger partial charge in [-0.25, -0.2) is 0 Å². The summed E-state index contributed by atoms with van der Waals surface area (Å²) in [6.45, 7) is 0.696. The molecule has 5 rings (SSSR count). The Labute approximate surface area is 175 Å². The van der Waals surface area contributed by atoms with Crippen molar-refractivity contribution in [1.29, 1.82) is 0 Å². The summed E-state index contributed by atoms with van der Waals surface area (Å²) in [5.41, 5.74) is 5.78. The van der Waals surface area contributed by atoms with E-state index in [1.54, 1.807) is 18.1 Å². The fourth-order valence-corrected chi connectivity index (χ4v) is 4.63. The summed E-state index contributed by atoms with van der Waals surface area (Å²) >= 11 is 0. The Hall–Kier alpha value is -3.28. The molecular weight excluding hydrogens is 378 g/mol. The minimum atomic E-state index is -0.158. The van der Waals surface area contributed by atoms with E-state index in [4.69, 9.17) is 4.74 Å². The van der Waals surface area contributed by atoms with Crippen LogP contribution in [0.3, 0.4) is 0 Å². The quantitative estimate of drug-likeness (QED) is 0.677. The molecule has 3 aromatic rings. The second-order valence-electron chi connectivity index (χ2n) is 8.04. The minimum absolute atomic E-state index is 0.105. The first kappa shape index (κ1) is 18.7. The van der Waals surface area contributed by atoms with Gasteiger partial charge in [-0.2, -0.15) is 0 Å². The smallest absolute Gasteiger partial charge is 0.255 e. The Balaban J connectivity index is 1.40. The van der Waals surface area contributed by atoms with Crippen LogP contribution in [0.4, 0.5) is 11.4 Å². The number of ether oxygens (including phenoxy) is 1. The van der Waals surface area contributed by atoms with Gasteiger partial charge < -0.3 is 19.9 Å². The number of anilines is 2. The van der Waals surface area contributed by atoms with Gasteiger partial charge in [-0.1, -0.05) is 0 Å². The molecule has 0 saturated carbocycles. The van der Waals surface area contributed by atoms with Gasteiger partial charge in [-0.15, -0.1) is 0 Å². The number of nitrogens with zero attached hydrogens (tertiary/aromatic N) is 1. The number of methoxy groups -OCH3 is 1. The van der Waals surface area contributed by atoms with Crippen molar-refractivity contribution in [3.8, 4) is 5.75 Å². The molecule has 154 valence electrons. The molecule has 0 unspecified atom stereocenters. The average Bonchev–Trinajstić information content (AvgIpc) is 3.36. The molecule has 6 heteroatoms. The predicted molar refractivity (Wildman–Crippen MR) is 117 cm³/mol. The zero-order valence-corrected chi connectivity index (χ0v) is 17.1. The normalized spacial score (nSPS) is 16.0. The topological polar surface area (TPSA) is 74.4 Å². The van der Waals surface area contributed by atoms with Crippen LogP contribution in [0.15, 0.2) is 36.4 Å². The molecule has 1 aliphatic carbocycles. The van der Waals surface area contributed by atoms with Gasteiger partial charge in [0.2, 0.25) is 5.91 Å². The number of rotatable bonds is 4. The van der Waals surface area contributed by atoms with Gasteiger partial charge in [0.05, 0.1) is 12.8 Å². The van der Waals surface area contributed by atoms with Crippen LogP contribution in [0.25, 0.3) is 10.9 Å². The van der Waals surface area contributed by atoms with Crippen molar-refractivity contribution in [1.82, 2.24) is 4.98 Å². The van der Waals surface area contributed by atoms with Crippen LogP contribution < -0.4 is 15.0 Å². The SMILES string of the molecule is COc1cc(NC(=O)c2ccc3[nH]c4c(c3c2)CCCC4)ccc1N1CCCC1=O. The predicted octanol–water partition coefficient (Wildman–Crippen LogP) is 4.43. The number of benzene rings is 2. The second-order valence-corrected chi connectivity index (χ2v) is 8.04. The van der Waals surface area contributed by atoms with Crippen molar-refractivity contribution in [2.45, 2.75) is 38.5 Å². The lowest BCUT2D eigenvalue weighted by molar-refractivity contribution is -0.117. The molecule has 0 atom stereocenters. The molecule has 0 radical (unpaired) electrons. The molecule has 2 aromatic carbocycles. The Morgan fingerprint density at radius 1 is 1.07 bits per heavy atom. The van der Waals surface area contributed by atoms with E-state index in [0.29, 0.717) is 30.0 Å². The largest absolute Gasteiger partial charge is 0.494 e. The summed E-state index contributed by atoms with van der Waals surface area (Å²) in [7, 11) is 1.58. The van der Waals surface area contributed by atoms with Crippen LogP contribution in [0.2, 0.25) is 0 Å². The molecule has 1 aliphatic heterocycles. The van der Waals surface area contributed by atoms with Gasteiger partial charge in [0.25, 0.3) is 5.91 Å². The Bertz CT molecular complexity index is 1150. The van der Waals surface area contributed by atoms with E-state index >= 15 is 0 Å². The number of hydrogen-bond donors (Lipinski definition) is 2. The number of hydrogen-bond acceptors (Lipinski definition) is 3. The summed E-state index contributed by atoms with van der Waals surface area (Å²) in [5.74, 6) is 0.529. The van der Waals surface area contributed by atoms with Gasteiger partial charge in [0.15, 0.2) is 0 Å². The van der Waals surface area contributed by atoms with E-state index in [9.17, 15) is 9.59 Å². The molecule has 1 fully saturated rings. The van der Waals surface area contributed by atoms with Crippen LogP contribution in [0.1, 0.15) is 47.3 Å². The van der Waals surface area contributed by atoms with E-state index in [-0.39, 0.29) is 11.8 Å². The molecule has 2 N–H and O–H groups in total. The molecule has 6 nitrogen and oxygen atoms in total. The van der Waals surface area contributed by atoms with Crippen LogP contribution in [0.5, 0.6) is 5.75 Å². The molecule has 1 saturated heterocycles. The Morgan fingerprint density at radius 2 is 1.93 bits per heavy atom. The van der Waals surface area contributed by atoms with Crippen molar-refractivity contribution in [3.05, 3.63) is 53.2 Å². The second kappa shape index (κ2) is 7.52. The fourth-order valence-electron chi connectivity index (χ4n) is 4.63. The van der Waals surface area contributed by atoms with Gasteiger partial charge in [0, 0.05) is 46.9 Å². The molecule has 0 bridgehead atoms. The first-order valence-corrected chi connectivity index (χ1v) is 10.6. The van der Waals surface area contributed by atoms with Crippen molar-refractivity contribution in [3.63, 3.8) is 0 Å². The lowest BCUT2D eigenvalue weighted by atomic mass is 9.95. The third-order valence-electron chi connectivity index (χ3n) is 6.16. The summed E-state index contributed by atoms with van der Waals surface area (Å²) < 4.78 is 5.49. The number of carbonyl (C=O) groups is 2. The molecule has 2 aliphatic rings. The number of fused-ring (bicyclic) bond motifs is 3. The van der Waals surface area contributed by atoms with Gasteiger partial charge in [0.1, 0.15) is 5.75 Å². The first-order chi connectivity index (χ1) is 14.6. The third-order valence-corrected chi connectivity index (χ3v) is 6.16. The van der Waals surface area contributed by atoms with E-state index in [1.807, 2.05) is 30.3 Å². The van der Waals surface area contributed by atoms with E-state index in [0.717, 1.165) is 35.9 Å². The zero-order chi connectivity index (χ0) is 20.7. The zero-order valence-electron chi connectivity index (χ0n) is 17.1. The number of aromatic amines is 1. The maximum absolute atomic E-state index is 12.9. The molecule has 2 heterocycles. The lowest BCUT2D eigenvalue weighted by Gasteiger charge is -2.19. The highest BCUT2D eigenvalue weighted by Gasteiger charge is 2.25. The molecule has 0 spiro atoms. The van der Waals surface area contributed by atoms with Crippen molar-refractivity contribution >= 4 is 34.1 Å². The monoisotopic (exact) mass is 403 g/mol. The number of amides is 2. The van der Waals surface area contributed by atoms with E-state index in [1.165, 1.54) is 24.1 Å². The van der Waals surface area contributed by atoms with Gasteiger partial charge in [-0.05, 0) is 68.0 Å². The number of H-pyrrole nitrogens is 1. The molecule has 30 heavy (non-hydrogen) atoms. The number of aryl methyl sites for hydroxylation is 2. The third kappa shape index (κ3) is 3.22. The maximum atomic E-state index is 12.9. The molecule has 1 aromatic heterocycles. The molecular formula is C24H25N3O3. The Morgan fingerprint density at radius 3 is 2.73 bits per heavy atom. The number of nitrogens with one attached hydrogen (secondary N) is 2. The lowest BCUT2D eigenvalue weighted by Crippen LogP contribution is -2.24. The molecule has 2 amide bonds. The number of carbonyl (C=O) groups excluding carboxylic acids is 2. The van der Waals surface area contributed by atoms with Crippen LogP contribution in [0, 0.1) is 0 Å². The first-order valence-electron chi connectivity index (χ1n) is 10.6. The highest BCUT2D eigenvalue weighted by molar-refractivity contribution is 6.07. The van der Waals surface area contributed by atoms with Gasteiger partial charge >= 0.3 is 0 Å². The minimum Gasteiger partial charge on any atom is -0.494 e. The fraction of sp³-hybridized carbons (Fsp3) is 0.333. The summed E-state index contributed by atoms with van der Waals surface area (Å²) in [6, 6.07) is 11.3. The van der Waals surface area contributed by atoms with E-state index < -0.39 is 0 Å². The van der Waals surface area contributed by atoms with Gasteiger partial charge in [-0.3, -0.25) is 9.59 Å². The summed E-state index contributed by atoms with van der Waals surface area (Å²) in [4.78, 5) is 30.2. The maximum Gasteiger partial charge on any atom is 0.255 e.